The van der Waals surface area contributed by atoms with E-state index < -0.39 is 6.04 Å². The van der Waals surface area contributed by atoms with E-state index in [9.17, 15) is 4.79 Å². The Kier molecular flexibility index (Phi) is 6.69. The molecule has 28 heavy (non-hydrogen) atoms. The van der Waals surface area contributed by atoms with Crippen molar-refractivity contribution < 1.29 is 14.8 Å². The van der Waals surface area contributed by atoms with Crippen LogP contribution in [-0.2, 0) is 11.3 Å². The van der Waals surface area contributed by atoms with Crippen molar-refractivity contribution in [3.8, 4) is 5.75 Å². The van der Waals surface area contributed by atoms with Crippen LogP contribution in [0.5, 0.6) is 5.75 Å². The molecule has 1 amide bonds. The van der Waals surface area contributed by atoms with Gasteiger partial charge in [-0.2, -0.15) is 0 Å². The highest BCUT2D eigenvalue weighted by molar-refractivity contribution is 6.30. The molecule has 0 saturated carbocycles. The van der Waals surface area contributed by atoms with Crippen molar-refractivity contribution in [2.75, 3.05) is 12.4 Å². The summed E-state index contributed by atoms with van der Waals surface area (Å²) in [6.07, 6.45) is 0. The van der Waals surface area contributed by atoms with E-state index in [2.05, 4.69) is 5.32 Å². The van der Waals surface area contributed by atoms with Crippen molar-refractivity contribution >= 4 is 23.2 Å². The average Bonchev–Trinajstić information content (AvgIpc) is 2.69. The molecule has 3 aromatic rings. The number of amides is 1. The van der Waals surface area contributed by atoms with Gasteiger partial charge in [-0.1, -0.05) is 60.1 Å². The summed E-state index contributed by atoms with van der Waals surface area (Å²) < 4.78 is 5.39. The number of nitrogens with one attached hydrogen (secondary N) is 1. The molecular formula is C23H24ClN2O2+. The Morgan fingerprint density at radius 1 is 1.07 bits per heavy atom. The number of aryl methyl sites for hydroxylation is 1. The zero-order chi connectivity index (χ0) is 19.9. The van der Waals surface area contributed by atoms with E-state index in [1.54, 1.807) is 7.11 Å². The van der Waals surface area contributed by atoms with Crippen molar-refractivity contribution in [3.05, 3.63) is 94.5 Å². The highest BCUT2D eigenvalue weighted by Gasteiger charge is 2.25. The number of methoxy groups -OCH3 is 1. The second-order valence-electron chi connectivity index (χ2n) is 6.65. The van der Waals surface area contributed by atoms with Crippen LogP contribution in [0.3, 0.4) is 0 Å². The number of rotatable bonds is 7. The van der Waals surface area contributed by atoms with Crippen LogP contribution in [-0.4, -0.2) is 13.0 Å². The first-order valence-corrected chi connectivity index (χ1v) is 9.53. The molecule has 0 aliphatic heterocycles. The molecule has 3 rings (SSSR count). The molecule has 0 unspecified atom stereocenters. The van der Waals surface area contributed by atoms with Gasteiger partial charge in [0.25, 0.3) is 5.91 Å². The van der Waals surface area contributed by atoms with E-state index in [1.165, 1.54) is 0 Å². The third-order valence-electron chi connectivity index (χ3n) is 4.53. The predicted molar refractivity (Wildman–Crippen MR) is 113 cm³/mol. The van der Waals surface area contributed by atoms with Gasteiger partial charge in [-0.15, -0.1) is 0 Å². The van der Waals surface area contributed by atoms with Crippen molar-refractivity contribution in [2.45, 2.75) is 19.5 Å². The Bertz CT molecular complexity index is 944. The van der Waals surface area contributed by atoms with Gasteiger partial charge >= 0.3 is 0 Å². The van der Waals surface area contributed by atoms with Gasteiger partial charge in [0.05, 0.1) is 12.8 Å². The molecule has 0 heterocycles. The van der Waals surface area contributed by atoms with E-state index >= 15 is 0 Å². The van der Waals surface area contributed by atoms with Crippen molar-refractivity contribution in [1.82, 2.24) is 0 Å². The van der Waals surface area contributed by atoms with Crippen LogP contribution in [0.2, 0.25) is 5.02 Å². The van der Waals surface area contributed by atoms with Crippen molar-refractivity contribution in [2.24, 2.45) is 0 Å². The van der Waals surface area contributed by atoms with Crippen LogP contribution in [0.4, 0.5) is 5.69 Å². The lowest BCUT2D eigenvalue weighted by Crippen LogP contribution is -2.85. The van der Waals surface area contributed by atoms with E-state index in [0.717, 1.165) is 16.7 Å². The van der Waals surface area contributed by atoms with Gasteiger partial charge in [0, 0.05) is 16.1 Å². The van der Waals surface area contributed by atoms with E-state index in [-0.39, 0.29) is 5.91 Å². The van der Waals surface area contributed by atoms with E-state index in [4.69, 9.17) is 16.3 Å². The Morgan fingerprint density at radius 3 is 2.57 bits per heavy atom. The SMILES string of the molecule is COc1ccc(C)cc1NC(=O)[C@H]([NH2+]Cc1cccc(Cl)c1)c1ccccc1. The Balaban J connectivity index is 1.82. The standard InChI is InChI=1S/C23H23ClN2O2/c1-16-11-12-21(28-2)20(13-16)26-23(27)22(18-8-4-3-5-9-18)25-15-17-7-6-10-19(24)14-17/h3-14,22,25H,15H2,1-2H3,(H,26,27)/p+1/t22-/m1/s1. The van der Waals surface area contributed by atoms with Crippen LogP contribution in [0.25, 0.3) is 0 Å². The van der Waals surface area contributed by atoms with Gasteiger partial charge in [0.2, 0.25) is 0 Å². The Labute approximate surface area is 170 Å². The first-order chi connectivity index (χ1) is 13.6. The number of carbonyl (C=O) groups excluding carboxylic acids is 1. The number of carbonyl (C=O) groups is 1. The molecule has 0 saturated heterocycles. The average molecular weight is 396 g/mol. The molecular weight excluding hydrogens is 372 g/mol. The van der Waals surface area contributed by atoms with Crippen LogP contribution in [0, 0.1) is 6.92 Å². The molecule has 1 atom stereocenters. The number of anilines is 1. The minimum Gasteiger partial charge on any atom is -0.495 e. The molecule has 5 heteroatoms. The molecule has 0 aromatic heterocycles. The lowest BCUT2D eigenvalue weighted by molar-refractivity contribution is -0.697. The normalized spacial score (nSPS) is 11.7. The van der Waals surface area contributed by atoms with Gasteiger partial charge in [-0.05, 0) is 36.8 Å². The van der Waals surface area contributed by atoms with Gasteiger partial charge in [0.15, 0.2) is 6.04 Å². The summed E-state index contributed by atoms with van der Waals surface area (Å²) >= 11 is 6.09. The third kappa shape index (κ3) is 5.12. The van der Waals surface area contributed by atoms with Gasteiger partial charge in [0.1, 0.15) is 12.3 Å². The van der Waals surface area contributed by atoms with Gasteiger partial charge < -0.3 is 15.4 Å². The second kappa shape index (κ2) is 9.40. The third-order valence-corrected chi connectivity index (χ3v) is 4.77. The molecule has 3 N–H and O–H groups in total. The maximum absolute atomic E-state index is 13.2. The number of halogens is 1. The summed E-state index contributed by atoms with van der Waals surface area (Å²) in [6.45, 7) is 2.62. The fourth-order valence-corrected chi connectivity index (χ4v) is 3.32. The number of nitrogens with two attached hydrogens (primary N) is 1. The Hall–Kier alpha value is -2.82. The van der Waals surface area contributed by atoms with Crippen molar-refractivity contribution in [1.29, 1.82) is 0 Å². The highest BCUT2D eigenvalue weighted by Crippen LogP contribution is 2.26. The number of hydrogen-bond acceptors (Lipinski definition) is 2. The van der Waals surface area contributed by atoms with E-state index in [1.807, 2.05) is 85.0 Å². The summed E-state index contributed by atoms with van der Waals surface area (Å²) in [5.41, 5.74) is 3.72. The molecule has 0 aliphatic rings. The minimum absolute atomic E-state index is 0.0999. The summed E-state index contributed by atoms with van der Waals surface area (Å²) in [5.74, 6) is 0.540. The quantitative estimate of drug-likeness (QED) is 0.632. The monoisotopic (exact) mass is 395 g/mol. The first-order valence-electron chi connectivity index (χ1n) is 9.15. The number of ether oxygens (including phenoxy) is 1. The Morgan fingerprint density at radius 2 is 1.86 bits per heavy atom. The summed E-state index contributed by atoms with van der Waals surface area (Å²) in [5, 5.41) is 5.73. The zero-order valence-corrected chi connectivity index (χ0v) is 16.7. The summed E-state index contributed by atoms with van der Waals surface area (Å²) in [6, 6.07) is 22.8. The molecule has 0 aliphatic carbocycles. The molecule has 3 aromatic carbocycles. The smallest absolute Gasteiger partial charge is 0.287 e. The fourth-order valence-electron chi connectivity index (χ4n) is 3.10. The maximum Gasteiger partial charge on any atom is 0.287 e. The largest absolute Gasteiger partial charge is 0.495 e. The first kappa shape index (κ1) is 19.9. The van der Waals surface area contributed by atoms with Crippen LogP contribution < -0.4 is 15.4 Å². The van der Waals surface area contributed by atoms with Crippen LogP contribution in [0.15, 0.2) is 72.8 Å². The molecule has 144 valence electrons. The lowest BCUT2D eigenvalue weighted by atomic mass is 10.1. The molecule has 0 fully saturated rings. The second-order valence-corrected chi connectivity index (χ2v) is 7.09. The molecule has 0 radical (unpaired) electrons. The van der Waals surface area contributed by atoms with Gasteiger partial charge in [-0.25, -0.2) is 0 Å². The molecule has 0 bridgehead atoms. The van der Waals surface area contributed by atoms with Gasteiger partial charge in [-0.3, -0.25) is 4.79 Å². The molecule has 0 spiro atoms. The predicted octanol–water partition coefficient (Wildman–Crippen LogP) is 4.10. The lowest BCUT2D eigenvalue weighted by Gasteiger charge is -2.17. The van der Waals surface area contributed by atoms with Crippen LogP contribution in [0.1, 0.15) is 22.7 Å². The van der Waals surface area contributed by atoms with Crippen molar-refractivity contribution in [3.63, 3.8) is 0 Å². The number of benzene rings is 3. The highest BCUT2D eigenvalue weighted by atomic mass is 35.5. The number of quaternary nitrogens is 1. The summed E-state index contributed by atoms with van der Waals surface area (Å²) in [7, 11) is 1.60. The topological polar surface area (TPSA) is 54.9 Å². The molecule has 4 nitrogen and oxygen atoms in total. The maximum atomic E-state index is 13.2. The fraction of sp³-hybridized carbons (Fsp3) is 0.174. The van der Waals surface area contributed by atoms with Crippen LogP contribution >= 0.6 is 11.6 Å². The minimum atomic E-state index is -0.398. The van der Waals surface area contributed by atoms with E-state index in [0.29, 0.717) is 23.0 Å². The summed E-state index contributed by atoms with van der Waals surface area (Å²) in [4.78, 5) is 13.2. The number of hydrogen-bond donors (Lipinski definition) is 2. The zero-order valence-electron chi connectivity index (χ0n) is 16.0.